The van der Waals surface area contributed by atoms with Gasteiger partial charge in [-0.1, -0.05) is 13.8 Å². The molecule has 16 heavy (non-hydrogen) atoms. The van der Waals surface area contributed by atoms with Crippen LogP contribution < -0.4 is 5.32 Å². The van der Waals surface area contributed by atoms with Crippen LogP contribution in [0.5, 0.6) is 0 Å². The molecule has 1 N–H and O–H groups in total. The van der Waals surface area contributed by atoms with E-state index in [0.29, 0.717) is 0 Å². The number of nitrogens with one attached hydrogen (secondary N) is 1. The minimum Gasteiger partial charge on any atom is -0.369 e. The van der Waals surface area contributed by atoms with E-state index in [2.05, 4.69) is 58.6 Å². The number of hydrogen-bond donors (Lipinski definition) is 1. The van der Waals surface area contributed by atoms with Gasteiger partial charge in [-0.2, -0.15) is 0 Å². The maximum atomic E-state index is 4.67. The third-order valence-corrected chi connectivity index (χ3v) is 4.39. The zero-order chi connectivity index (χ0) is 11.8. The number of aromatic nitrogens is 2. The summed E-state index contributed by atoms with van der Waals surface area (Å²) in [4.78, 5) is 9.29. The van der Waals surface area contributed by atoms with Gasteiger partial charge in [0.15, 0.2) is 0 Å². The van der Waals surface area contributed by atoms with Crippen molar-refractivity contribution in [2.45, 2.75) is 45.4 Å². The van der Waals surface area contributed by atoms with Crippen LogP contribution in [0.3, 0.4) is 0 Å². The molecule has 0 amide bonds. The lowest BCUT2D eigenvalue weighted by atomic mass is 10.1. The minimum absolute atomic E-state index is 0.248. The molecule has 0 atom stereocenters. The summed E-state index contributed by atoms with van der Waals surface area (Å²) in [7, 11) is 0. The molecule has 0 unspecified atom stereocenters. The van der Waals surface area contributed by atoms with Crippen molar-refractivity contribution in [1.29, 1.82) is 0 Å². The van der Waals surface area contributed by atoms with Gasteiger partial charge in [-0.05, 0) is 48.8 Å². The predicted octanol–water partition coefficient (Wildman–Crippen LogP) is 3.26. The van der Waals surface area contributed by atoms with Crippen LogP contribution in [0.25, 0.3) is 0 Å². The first-order chi connectivity index (χ1) is 7.57. The lowest BCUT2D eigenvalue weighted by molar-refractivity contribution is 0.701. The Morgan fingerprint density at radius 3 is 2.62 bits per heavy atom. The standard InChI is InChI=1S/C12H18IN3/c1-4-7-14-10-9(13)8(2)15-11(16-10)12(3)5-6-12/h4-7H2,1-3H3,(H,14,15,16). The Hall–Kier alpha value is -0.390. The van der Waals surface area contributed by atoms with Crippen molar-refractivity contribution >= 4 is 28.4 Å². The van der Waals surface area contributed by atoms with Crippen LogP contribution in [-0.4, -0.2) is 16.5 Å². The fourth-order valence-corrected chi connectivity index (χ4v) is 2.03. The SMILES string of the molecule is CCCNc1nc(C2(C)CC2)nc(C)c1I. The molecule has 3 nitrogen and oxygen atoms in total. The van der Waals surface area contributed by atoms with Gasteiger partial charge in [-0.3, -0.25) is 0 Å². The molecular weight excluding hydrogens is 313 g/mol. The van der Waals surface area contributed by atoms with Crippen molar-refractivity contribution in [1.82, 2.24) is 9.97 Å². The van der Waals surface area contributed by atoms with Gasteiger partial charge in [0.25, 0.3) is 0 Å². The molecule has 1 aromatic rings. The molecule has 0 radical (unpaired) electrons. The third kappa shape index (κ3) is 2.31. The lowest BCUT2D eigenvalue weighted by Crippen LogP contribution is -2.13. The molecule has 1 saturated carbocycles. The van der Waals surface area contributed by atoms with Crippen LogP contribution in [0.4, 0.5) is 5.82 Å². The molecule has 1 fully saturated rings. The second kappa shape index (κ2) is 4.47. The Bertz CT molecular complexity index is 399. The summed E-state index contributed by atoms with van der Waals surface area (Å²) in [5.41, 5.74) is 1.34. The molecule has 4 heteroatoms. The van der Waals surface area contributed by atoms with E-state index in [0.717, 1.165) is 33.9 Å². The second-order valence-corrected chi connectivity index (χ2v) is 5.86. The first-order valence-electron chi connectivity index (χ1n) is 5.85. The molecule has 2 rings (SSSR count). The van der Waals surface area contributed by atoms with Crippen molar-refractivity contribution in [2.24, 2.45) is 0 Å². The smallest absolute Gasteiger partial charge is 0.143 e. The maximum Gasteiger partial charge on any atom is 0.143 e. The lowest BCUT2D eigenvalue weighted by Gasteiger charge is -2.13. The van der Waals surface area contributed by atoms with Gasteiger partial charge in [-0.15, -0.1) is 0 Å². The molecule has 0 bridgehead atoms. The van der Waals surface area contributed by atoms with Gasteiger partial charge >= 0.3 is 0 Å². The summed E-state index contributed by atoms with van der Waals surface area (Å²) >= 11 is 2.32. The number of rotatable bonds is 4. The van der Waals surface area contributed by atoms with E-state index < -0.39 is 0 Å². The van der Waals surface area contributed by atoms with Crippen molar-refractivity contribution in [3.8, 4) is 0 Å². The van der Waals surface area contributed by atoms with Crippen LogP contribution in [0.1, 0.15) is 44.6 Å². The van der Waals surface area contributed by atoms with Gasteiger partial charge in [0, 0.05) is 12.0 Å². The molecule has 0 aromatic carbocycles. The predicted molar refractivity (Wildman–Crippen MR) is 74.9 cm³/mol. The Morgan fingerprint density at radius 2 is 2.06 bits per heavy atom. The van der Waals surface area contributed by atoms with Crippen LogP contribution in [0.15, 0.2) is 0 Å². The average Bonchev–Trinajstić information content (AvgIpc) is 3.00. The monoisotopic (exact) mass is 331 g/mol. The van der Waals surface area contributed by atoms with Gasteiger partial charge < -0.3 is 5.32 Å². The van der Waals surface area contributed by atoms with E-state index >= 15 is 0 Å². The summed E-state index contributed by atoms with van der Waals surface area (Å²) in [6.45, 7) is 7.45. The zero-order valence-electron chi connectivity index (χ0n) is 10.1. The quantitative estimate of drug-likeness (QED) is 0.861. The van der Waals surface area contributed by atoms with Gasteiger partial charge in [0.1, 0.15) is 11.6 Å². The van der Waals surface area contributed by atoms with E-state index in [4.69, 9.17) is 0 Å². The van der Waals surface area contributed by atoms with Crippen molar-refractivity contribution < 1.29 is 0 Å². The molecule has 1 aliphatic carbocycles. The van der Waals surface area contributed by atoms with Gasteiger partial charge in [0.05, 0.1) is 9.26 Å². The van der Waals surface area contributed by atoms with Gasteiger partial charge in [-0.25, -0.2) is 9.97 Å². The van der Waals surface area contributed by atoms with E-state index in [1.54, 1.807) is 0 Å². The highest BCUT2D eigenvalue weighted by atomic mass is 127. The molecule has 1 heterocycles. The largest absolute Gasteiger partial charge is 0.369 e. The molecule has 0 spiro atoms. The normalized spacial score (nSPS) is 17.2. The zero-order valence-corrected chi connectivity index (χ0v) is 12.3. The van der Waals surface area contributed by atoms with Crippen molar-refractivity contribution in [2.75, 3.05) is 11.9 Å². The summed E-state index contributed by atoms with van der Waals surface area (Å²) < 4.78 is 1.15. The summed E-state index contributed by atoms with van der Waals surface area (Å²) in [5.74, 6) is 2.03. The summed E-state index contributed by atoms with van der Waals surface area (Å²) in [5, 5.41) is 3.39. The fraction of sp³-hybridized carbons (Fsp3) is 0.667. The van der Waals surface area contributed by atoms with E-state index in [1.807, 2.05) is 0 Å². The molecule has 1 aromatic heterocycles. The van der Waals surface area contributed by atoms with E-state index in [-0.39, 0.29) is 5.41 Å². The molecule has 88 valence electrons. The maximum absolute atomic E-state index is 4.67. The Balaban J connectivity index is 2.31. The first-order valence-corrected chi connectivity index (χ1v) is 6.93. The molecular formula is C12H18IN3. The van der Waals surface area contributed by atoms with Crippen LogP contribution in [0.2, 0.25) is 0 Å². The second-order valence-electron chi connectivity index (χ2n) is 4.78. The number of nitrogens with zero attached hydrogens (tertiary/aromatic N) is 2. The summed E-state index contributed by atoms with van der Waals surface area (Å²) in [6.07, 6.45) is 3.56. The van der Waals surface area contributed by atoms with E-state index in [9.17, 15) is 0 Å². The summed E-state index contributed by atoms with van der Waals surface area (Å²) in [6, 6.07) is 0. The van der Waals surface area contributed by atoms with Crippen LogP contribution in [-0.2, 0) is 5.41 Å². The molecule has 1 aliphatic rings. The number of hydrogen-bond acceptors (Lipinski definition) is 3. The topological polar surface area (TPSA) is 37.8 Å². The highest BCUT2D eigenvalue weighted by Gasteiger charge is 2.42. The minimum atomic E-state index is 0.248. The van der Waals surface area contributed by atoms with Crippen LogP contribution >= 0.6 is 22.6 Å². The fourth-order valence-electron chi connectivity index (χ4n) is 1.60. The highest BCUT2D eigenvalue weighted by molar-refractivity contribution is 14.1. The Kier molecular flexibility index (Phi) is 3.37. The number of halogens is 1. The molecule has 0 saturated heterocycles. The highest BCUT2D eigenvalue weighted by Crippen LogP contribution is 2.46. The third-order valence-electron chi connectivity index (χ3n) is 3.10. The Labute approximate surface area is 111 Å². The van der Waals surface area contributed by atoms with Gasteiger partial charge in [0.2, 0.25) is 0 Å². The molecule has 0 aliphatic heterocycles. The number of aryl methyl sites for hydroxylation is 1. The first kappa shape index (κ1) is 12.1. The van der Waals surface area contributed by atoms with Crippen molar-refractivity contribution in [3.05, 3.63) is 15.1 Å². The van der Waals surface area contributed by atoms with E-state index in [1.165, 1.54) is 12.8 Å². The Morgan fingerprint density at radius 1 is 1.38 bits per heavy atom. The average molecular weight is 331 g/mol. The van der Waals surface area contributed by atoms with Crippen LogP contribution in [0, 0.1) is 10.5 Å². The number of anilines is 1. The van der Waals surface area contributed by atoms with Crippen molar-refractivity contribution in [3.63, 3.8) is 0 Å².